The first kappa shape index (κ1) is 15.4. The molecule has 1 saturated carbocycles. The molecule has 1 fully saturated rings. The molecule has 2 aromatic carbocycles. The molecule has 1 nitrogen and oxygen atoms in total. The molecule has 0 amide bonds. The molecule has 3 rings (SSSR count). The first-order valence-corrected chi connectivity index (χ1v) is 7.92. The Labute approximate surface area is 130 Å². The summed E-state index contributed by atoms with van der Waals surface area (Å²) < 4.78 is 27.3. The molecule has 0 bridgehead atoms. The number of hydrogen-bond donors (Lipinski definition) is 0. The molecular formula is C19H23F2N. The molecule has 1 aliphatic carbocycles. The lowest BCUT2D eigenvalue weighted by Gasteiger charge is -2.42. The van der Waals surface area contributed by atoms with E-state index < -0.39 is 5.92 Å². The Hall–Kier alpha value is -1.48. The number of benzene rings is 2. The maximum atomic E-state index is 13.6. The van der Waals surface area contributed by atoms with E-state index in [-0.39, 0.29) is 18.3 Å². The van der Waals surface area contributed by atoms with Gasteiger partial charge in [0.25, 0.3) is 0 Å². The van der Waals surface area contributed by atoms with Gasteiger partial charge in [0.1, 0.15) is 0 Å². The summed E-state index contributed by atoms with van der Waals surface area (Å²) in [5.41, 5.74) is 1.05. The van der Waals surface area contributed by atoms with Crippen LogP contribution in [0.25, 0.3) is 10.8 Å². The van der Waals surface area contributed by atoms with Gasteiger partial charge in [-0.1, -0.05) is 42.5 Å². The van der Waals surface area contributed by atoms with E-state index in [0.717, 1.165) is 6.54 Å². The summed E-state index contributed by atoms with van der Waals surface area (Å²) in [5.74, 6) is -2.49. The van der Waals surface area contributed by atoms with E-state index >= 15 is 0 Å². The lowest BCUT2D eigenvalue weighted by Crippen LogP contribution is -2.43. The van der Waals surface area contributed by atoms with E-state index in [1.807, 2.05) is 26.2 Å². The Morgan fingerprint density at radius 1 is 0.909 bits per heavy atom. The van der Waals surface area contributed by atoms with Gasteiger partial charge in [0, 0.05) is 24.8 Å². The largest absolute Gasteiger partial charge is 0.309 e. The van der Waals surface area contributed by atoms with Crippen LogP contribution in [0.2, 0.25) is 0 Å². The summed E-state index contributed by atoms with van der Waals surface area (Å²) in [6, 6.07) is 14.7. The van der Waals surface area contributed by atoms with Crippen molar-refractivity contribution < 1.29 is 8.78 Å². The Balaban J connectivity index is 2.00. The highest BCUT2D eigenvalue weighted by Crippen LogP contribution is 2.46. The topological polar surface area (TPSA) is 3.24 Å². The lowest BCUT2D eigenvalue weighted by atomic mass is 9.68. The zero-order valence-electron chi connectivity index (χ0n) is 13.3. The number of rotatable bonds is 3. The summed E-state index contributed by atoms with van der Waals surface area (Å²) in [4.78, 5) is 2.12. The van der Waals surface area contributed by atoms with Gasteiger partial charge in [-0.25, -0.2) is 8.78 Å². The van der Waals surface area contributed by atoms with Crippen LogP contribution >= 0.6 is 0 Å². The van der Waals surface area contributed by atoms with E-state index in [0.29, 0.717) is 12.8 Å². The molecule has 0 aliphatic heterocycles. The molecule has 22 heavy (non-hydrogen) atoms. The predicted octanol–water partition coefficient (Wildman–Crippen LogP) is 4.85. The predicted molar refractivity (Wildman–Crippen MR) is 87.6 cm³/mol. The summed E-state index contributed by atoms with van der Waals surface area (Å²) in [7, 11) is 4.05. The van der Waals surface area contributed by atoms with Gasteiger partial charge in [0.2, 0.25) is 5.92 Å². The molecule has 0 unspecified atom stereocenters. The first-order valence-electron chi connectivity index (χ1n) is 7.92. The van der Waals surface area contributed by atoms with E-state index in [9.17, 15) is 8.78 Å². The van der Waals surface area contributed by atoms with Gasteiger partial charge in [0.05, 0.1) is 0 Å². The average molecular weight is 303 g/mol. The second-order valence-electron chi connectivity index (χ2n) is 6.94. The molecule has 0 spiro atoms. The number of likely N-dealkylation sites (N-methyl/N-ethyl adjacent to an activating group) is 1. The first-order chi connectivity index (χ1) is 10.4. The number of nitrogens with zero attached hydrogens (tertiary/aromatic N) is 1. The molecule has 0 heterocycles. The molecule has 0 N–H and O–H groups in total. The molecule has 118 valence electrons. The monoisotopic (exact) mass is 303 g/mol. The normalized spacial score (nSPS) is 20.4. The van der Waals surface area contributed by atoms with Crippen LogP contribution in [0.1, 0.15) is 31.2 Å². The fourth-order valence-electron chi connectivity index (χ4n) is 3.76. The average Bonchev–Trinajstić information content (AvgIpc) is 2.49. The van der Waals surface area contributed by atoms with Crippen molar-refractivity contribution in [3.05, 3.63) is 48.0 Å². The molecule has 0 aromatic heterocycles. The third-order valence-electron chi connectivity index (χ3n) is 4.92. The number of hydrogen-bond acceptors (Lipinski definition) is 1. The highest BCUT2D eigenvalue weighted by molar-refractivity contribution is 5.83. The van der Waals surface area contributed by atoms with Crippen LogP contribution in [0.4, 0.5) is 8.78 Å². The Morgan fingerprint density at radius 3 is 2.18 bits per heavy atom. The van der Waals surface area contributed by atoms with Crippen molar-refractivity contribution in [2.24, 2.45) is 0 Å². The van der Waals surface area contributed by atoms with Gasteiger partial charge < -0.3 is 4.90 Å². The fraction of sp³-hybridized carbons (Fsp3) is 0.474. The van der Waals surface area contributed by atoms with Crippen molar-refractivity contribution in [2.45, 2.75) is 37.0 Å². The van der Waals surface area contributed by atoms with Crippen molar-refractivity contribution in [3.63, 3.8) is 0 Å². The van der Waals surface area contributed by atoms with Crippen molar-refractivity contribution in [2.75, 3.05) is 20.6 Å². The molecule has 2 aromatic rings. The van der Waals surface area contributed by atoms with Crippen molar-refractivity contribution >= 4 is 10.8 Å². The van der Waals surface area contributed by atoms with Crippen LogP contribution < -0.4 is 0 Å². The lowest BCUT2D eigenvalue weighted by molar-refractivity contribution is -0.0547. The van der Waals surface area contributed by atoms with Gasteiger partial charge in [0.15, 0.2) is 0 Å². The van der Waals surface area contributed by atoms with E-state index in [4.69, 9.17) is 0 Å². The van der Waals surface area contributed by atoms with Gasteiger partial charge in [-0.05, 0) is 43.3 Å². The van der Waals surface area contributed by atoms with Crippen LogP contribution in [0.15, 0.2) is 42.5 Å². The molecule has 0 radical (unpaired) electrons. The standard InChI is InChI=1S/C19H23F2N/c1-22(2)14-18(9-11-19(20,21)12-10-18)17-8-7-15-5-3-4-6-16(15)13-17/h3-8,13H,9-12,14H2,1-2H3. The fourth-order valence-corrected chi connectivity index (χ4v) is 3.76. The van der Waals surface area contributed by atoms with Crippen LogP contribution in [0, 0.1) is 0 Å². The van der Waals surface area contributed by atoms with Crippen molar-refractivity contribution in [3.8, 4) is 0 Å². The highest BCUT2D eigenvalue weighted by Gasteiger charge is 2.44. The smallest absolute Gasteiger partial charge is 0.248 e. The maximum Gasteiger partial charge on any atom is 0.248 e. The molecule has 1 aliphatic rings. The highest BCUT2D eigenvalue weighted by atomic mass is 19.3. The summed E-state index contributed by atoms with van der Waals surface area (Å²) in [5, 5.41) is 2.39. The Morgan fingerprint density at radius 2 is 1.55 bits per heavy atom. The molecule has 0 saturated heterocycles. The van der Waals surface area contributed by atoms with Crippen molar-refractivity contribution in [1.82, 2.24) is 4.90 Å². The number of halogens is 2. The second kappa shape index (κ2) is 5.62. The SMILES string of the molecule is CN(C)CC1(c2ccc3ccccc3c2)CCC(F)(F)CC1. The Kier molecular flexibility index (Phi) is 3.94. The maximum absolute atomic E-state index is 13.6. The van der Waals surface area contributed by atoms with E-state index in [2.05, 4.69) is 35.2 Å². The van der Waals surface area contributed by atoms with Gasteiger partial charge in [-0.15, -0.1) is 0 Å². The van der Waals surface area contributed by atoms with Crippen LogP contribution in [-0.4, -0.2) is 31.5 Å². The minimum atomic E-state index is -2.49. The number of fused-ring (bicyclic) bond motifs is 1. The molecule has 3 heteroatoms. The zero-order chi connectivity index (χ0) is 15.8. The van der Waals surface area contributed by atoms with Gasteiger partial charge in [-0.2, -0.15) is 0 Å². The minimum absolute atomic E-state index is 0.00628. The van der Waals surface area contributed by atoms with Gasteiger partial charge >= 0.3 is 0 Å². The summed E-state index contributed by atoms with van der Waals surface area (Å²) in [6.45, 7) is 0.821. The Bertz CT molecular complexity index is 653. The zero-order valence-corrected chi connectivity index (χ0v) is 13.3. The third-order valence-corrected chi connectivity index (χ3v) is 4.92. The van der Waals surface area contributed by atoms with Crippen LogP contribution in [0.5, 0.6) is 0 Å². The van der Waals surface area contributed by atoms with Crippen LogP contribution in [-0.2, 0) is 5.41 Å². The quantitative estimate of drug-likeness (QED) is 0.783. The van der Waals surface area contributed by atoms with E-state index in [1.54, 1.807) is 0 Å². The minimum Gasteiger partial charge on any atom is -0.309 e. The number of alkyl halides is 2. The van der Waals surface area contributed by atoms with Crippen molar-refractivity contribution in [1.29, 1.82) is 0 Å². The summed E-state index contributed by atoms with van der Waals surface area (Å²) >= 11 is 0. The van der Waals surface area contributed by atoms with E-state index in [1.165, 1.54) is 16.3 Å². The summed E-state index contributed by atoms with van der Waals surface area (Å²) in [6.07, 6.45) is 1.09. The van der Waals surface area contributed by atoms with Gasteiger partial charge in [-0.3, -0.25) is 0 Å². The van der Waals surface area contributed by atoms with Crippen LogP contribution in [0.3, 0.4) is 0 Å². The second-order valence-corrected chi connectivity index (χ2v) is 6.94. The third kappa shape index (κ3) is 3.00. The molecule has 0 atom stereocenters. The molecular weight excluding hydrogens is 280 g/mol.